The molecule has 1 aromatic rings. The van der Waals surface area contributed by atoms with E-state index in [2.05, 4.69) is 34.1 Å². The first-order valence-corrected chi connectivity index (χ1v) is 8.19. The molecular formula is C17H24N4O2. The topological polar surface area (TPSA) is 47.1 Å². The van der Waals surface area contributed by atoms with Crippen LogP contribution < -0.4 is 4.90 Å². The van der Waals surface area contributed by atoms with Gasteiger partial charge >= 0.3 is 6.03 Å². The first-order chi connectivity index (χ1) is 11.1. The maximum Gasteiger partial charge on any atom is 0.328 e. The van der Waals surface area contributed by atoms with Crippen LogP contribution in [0.4, 0.5) is 10.5 Å². The first kappa shape index (κ1) is 15.8. The second-order valence-corrected chi connectivity index (χ2v) is 6.42. The molecule has 2 aliphatic heterocycles. The number of carbonyl (C=O) groups excluding carboxylic acids is 2. The van der Waals surface area contributed by atoms with E-state index in [1.54, 1.807) is 4.90 Å². The average molecular weight is 316 g/mol. The summed E-state index contributed by atoms with van der Waals surface area (Å²) in [6.07, 6.45) is 0. The summed E-state index contributed by atoms with van der Waals surface area (Å²) >= 11 is 0. The van der Waals surface area contributed by atoms with Crippen molar-refractivity contribution in [3.8, 4) is 0 Å². The highest BCUT2D eigenvalue weighted by atomic mass is 16.2. The van der Waals surface area contributed by atoms with Crippen LogP contribution in [0.15, 0.2) is 30.3 Å². The number of carbonyl (C=O) groups is 2. The lowest BCUT2D eigenvalue weighted by molar-refractivity contribution is -0.126. The van der Waals surface area contributed by atoms with Gasteiger partial charge in [-0.05, 0) is 26.0 Å². The maximum absolute atomic E-state index is 12.3. The number of urea groups is 1. The van der Waals surface area contributed by atoms with Gasteiger partial charge in [0.25, 0.3) is 5.91 Å². The number of anilines is 1. The predicted octanol–water partition coefficient (Wildman–Crippen LogP) is 1.44. The highest BCUT2D eigenvalue weighted by Gasteiger charge is 2.38. The first-order valence-electron chi connectivity index (χ1n) is 8.19. The molecule has 0 N–H and O–H groups in total. The van der Waals surface area contributed by atoms with Crippen LogP contribution >= 0.6 is 0 Å². The minimum Gasteiger partial charge on any atom is -0.369 e. The van der Waals surface area contributed by atoms with E-state index in [9.17, 15) is 9.59 Å². The van der Waals surface area contributed by atoms with Gasteiger partial charge in [0.2, 0.25) is 0 Å². The number of hydrogen-bond acceptors (Lipinski definition) is 4. The van der Waals surface area contributed by atoms with E-state index in [4.69, 9.17) is 0 Å². The van der Waals surface area contributed by atoms with Crippen molar-refractivity contribution in [3.05, 3.63) is 30.3 Å². The fraction of sp³-hybridized carbons (Fsp3) is 0.529. The molecule has 0 aliphatic carbocycles. The lowest BCUT2D eigenvalue weighted by atomic mass is 10.2. The molecule has 2 heterocycles. The van der Waals surface area contributed by atoms with Crippen LogP contribution in [0.3, 0.4) is 0 Å². The van der Waals surface area contributed by atoms with Gasteiger partial charge in [-0.15, -0.1) is 0 Å². The third-order valence-corrected chi connectivity index (χ3v) is 4.45. The highest BCUT2D eigenvalue weighted by molar-refractivity contribution is 6.02. The van der Waals surface area contributed by atoms with Crippen molar-refractivity contribution in [3.63, 3.8) is 0 Å². The molecule has 0 radical (unpaired) electrons. The summed E-state index contributed by atoms with van der Waals surface area (Å²) in [5.41, 5.74) is 1.24. The molecular weight excluding hydrogens is 292 g/mol. The van der Waals surface area contributed by atoms with E-state index < -0.39 is 0 Å². The number of benzene rings is 1. The number of amides is 3. The van der Waals surface area contributed by atoms with Gasteiger partial charge in [-0.3, -0.25) is 14.6 Å². The Morgan fingerprint density at radius 2 is 1.65 bits per heavy atom. The second-order valence-electron chi connectivity index (χ2n) is 6.42. The molecule has 124 valence electrons. The van der Waals surface area contributed by atoms with Crippen LogP contribution in [0.1, 0.15) is 13.8 Å². The number of nitrogens with zero attached hydrogens (tertiary/aromatic N) is 4. The van der Waals surface area contributed by atoms with Gasteiger partial charge < -0.3 is 9.80 Å². The van der Waals surface area contributed by atoms with Gasteiger partial charge in [0.15, 0.2) is 0 Å². The zero-order chi connectivity index (χ0) is 16.4. The smallest absolute Gasteiger partial charge is 0.328 e. The summed E-state index contributed by atoms with van der Waals surface area (Å²) in [5.74, 6) is -0.0899. The normalized spacial score (nSPS) is 20.0. The number of imide groups is 1. The molecule has 0 saturated carbocycles. The van der Waals surface area contributed by atoms with E-state index in [1.165, 1.54) is 10.6 Å². The van der Waals surface area contributed by atoms with Crippen LogP contribution in [0.5, 0.6) is 0 Å². The zero-order valence-electron chi connectivity index (χ0n) is 13.8. The molecule has 2 fully saturated rings. The summed E-state index contributed by atoms with van der Waals surface area (Å²) in [7, 11) is 0. The standard InChI is InChI=1S/C17H24N4O2/c1-14(2)21-16(22)12-20(17(21)23)13-18-8-10-19(11-9-18)15-6-4-3-5-7-15/h3-7,14H,8-13H2,1-2H3. The van der Waals surface area contributed by atoms with Crippen LogP contribution in [-0.4, -0.2) is 72.1 Å². The van der Waals surface area contributed by atoms with Crippen LogP contribution in [0, 0.1) is 0 Å². The SMILES string of the molecule is CC(C)N1C(=O)CN(CN2CCN(c3ccccc3)CC2)C1=O. The van der Waals surface area contributed by atoms with E-state index in [0.717, 1.165) is 26.2 Å². The zero-order valence-corrected chi connectivity index (χ0v) is 13.8. The van der Waals surface area contributed by atoms with Crippen molar-refractivity contribution in [2.75, 3.05) is 44.3 Å². The lowest BCUT2D eigenvalue weighted by Gasteiger charge is -2.37. The fourth-order valence-corrected chi connectivity index (χ4v) is 3.21. The summed E-state index contributed by atoms with van der Waals surface area (Å²) in [6, 6.07) is 10.1. The Hall–Kier alpha value is -2.08. The van der Waals surface area contributed by atoms with Crippen LogP contribution in [-0.2, 0) is 4.79 Å². The van der Waals surface area contributed by atoms with Crippen LogP contribution in [0.25, 0.3) is 0 Å². The quantitative estimate of drug-likeness (QED) is 0.789. The largest absolute Gasteiger partial charge is 0.369 e. The Morgan fingerprint density at radius 1 is 1.00 bits per heavy atom. The van der Waals surface area contributed by atoms with E-state index >= 15 is 0 Å². The van der Waals surface area contributed by atoms with Gasteiger partial charge in [0.1, 0.15) is 6.54 Å². The predicted molar refractivity (Wildman–Crippen MR) is 89.2 cm³/mol. The van der Waals surface area contributed by atoms with Gasteiger partial charge in [0, 0.05) is 37.9 Å². The third-order valence-electron chi connectivity index (χ3n) is 4.45. The minimum absolute atomic E-state index is 0.0741. The number of para-hydroxylation sites is 1. The number of piperazine rings is 1. The molecule has 0 unspecified atom stereocenters. The molecule has 6 nitrogen and oxygen atoms in total. The van der Waals surface area contributed by atoms with Crippen molar-refractivity contribution < 1.29 is 9.59 Å². The Labute approximate surface area is 137 Å². The minimum atomic E-state index is -0.157. The molecule has 1 aromatic carbocycles. The Balaban J connectivity index is 1.53. The highest BCUT2D eigenvalue weighted by Crippen LogP contribution is 2.18. The van der Waals surface area contributed by atoms with Crippen molar-refractivity contribution >= 4 is 17.6 Å². The molecule has 3 rings (SSSR count). The molecule has 3 amide bonds. The summed E-state index contributed by atoms with van der Waals surface area (Å²) in [6.45, 7) is 8.16. The molecule has 6 heteroatoms. The molecule has 0 aromatic heterocycles. The average Bonchev–Trinajstić information content (AvgIpc) is 2.83. The Morgan fingerprint density at radius 3 is 2.22 bits per heavy atom. The molecule has 2 aliphatic rings. The Bertz CT molecular complexity index is 567. The van der Waals surface area contributed by atoms with Crippen LogP contribution in [0.2, 0.25) is 0 Å². The molecule has 0 atom stereocenters. The van der Waals surface area contributed by atoms with Crippen molar-refractivity contribution in [1.29, 1.82) is 0 Å². The number of rotatable bonds is 4. The summed E-state index contributed by atoms with van der Waals surface area (Å²) in [4.78, 5) is 31.9. The van der Waals surface area contributed by atoms with Gasteiger partial charge in [0.05, 0.1) is 6.67 Å². The van der Waals surface area contributed by atoms with E-state index in [0.29, 0.717) is 6.67 Å². The second kappa shape index (κ2) is 6.58. The molecule has 0 bridgehead atoms. The molecule has 23 heavy (non-hydrogen) atoms. The maximum atomic E-state index is 12.3. The molecule has 0 spiro atoms. The monoisotopic (exact) mass is 316 g/mol. The summed E-state index contributed by atoms with van der Waals surface area (Å²) < 4.78 is 0. The Kier molecular flexibility index (Phi) is 4.52. The fourth-order valence-electron chi connectivity index (χ4n) is 3.21. The van der Waals surface area contributed by atoms with Crippen molar-refractivity contribution in [2.24, 2.45) is 0 Å². The van der Waals surface area contributed by atoms with Gasteiger partial charge in [-0.25, -0.2) is 4.79 Å². The lowest BCUT2D eigenvalue weighted by Crippen LogP contribution is -2.51. The van der Waals surface area contributed by atoms with E-state index in [1.807, 2.05) is 19.9 Å². The summed E-state index contributed by atoms with van der Waals surface area (Å²) in [5, 5.41) is 0. The van der Waals surface area contributed by atoms with Crippen molar-refractivity contribution in [1.82, 2.24) is 14.7 Å². The molecule has 2 saturated heterocycles. The van der Waals surface area contributed by atoms with E-state index in [-0.39, 0.29) is 24.5 Å². The van der Waals surface area contributed by atoms with Gasteiger partial charge in [-0.2, -0.15) is 0 Å². The third kappa shape index (κ3) is 3.32. The van der Waals surface area contributed by atoms with Crippen molar-refractivity contribution in [2.45, 2.75) is 19.9 Å². The number of hydrogen-bond donors (Lipinski definition) is 0. The van der Waals surface area contributed by atoms with Gasteiger partial charge in [-0.1, -0.05) is 18.2 Å².